The molecule has 6 heteroatoms. The van der Waals surface area contributed by atoms with E-state index in [-0.39, 0.29) is 17.4 Å². The molecule has 0 aromatic heterocycles. The zero-order valence-electron chi connectivity index (χ0n) is 8.81. The van der Waals surface area contributed by atoms with Crippen molar-refractivity contribution >= 4 is 11.8 Å². The van der Waals surface area contributed by atoms with Crippen LogP contribution in [0.3, 0.4) is 0 Å². The molecule has 0 spiro atoms. The zero-order chi connectivity index (χ0) is 12.4. The Hall–Kier alpha value is -2.50. The van der Waals surface area contributed by atoms with Crippen LogP contribution in [0, 0.1) is 0 Å². The van der Waals surface area contributed by atoms with Crippen LogP contribution in [0.25, 0.3) is 0 Å². The predicted octanol–water partition coefficient (Wildman–Crippen LogP) is -0.521. The first kappa shape index (κ1) is 11.0. The Kier molecular flexibility index (Phi) is 2.70. The second kappa shape index (κ2) is 4.17. The van der Waals surface area contributed by atoms with Gasteiger partial charge in [-0.3, -0.25) is 9.59 Å². The molecule has 2 amide bonds. The fraction of sp³-hybridized carbons (Fsp3) is 0.0909. The zero-order valence-corrected chi connectivity index (χ0v) is 8.81. The number of rotatable bonds is 1. The predicted molar refractivity (Wildman–Crippen MR) is 59.4 cm³/mol. The molecule has 0 saturated carbocycles. The molecular formula is C11H11N3O3. The molecule has 6 nitrogen and oxygen atoms in total. The van der Waals surface area contributed by atoms with E-state index in [4.69, 9.17) is 10.8 Å². The highest BCUT2D eigenvalue weighted by Crippen LogP contribution is 2.19. The van der Waals surface area contributed by atoms with E-state index in [1.165, 1.54) is 12.1 Å². The van der Waals surface area contributed by atoms with Crippen LogP contribution in [0.4, 0.5) is 0 Å². The molecule has 1 aromatic rings. The largest absolute Gasteiger partial charge is 0.508 e. The summed E-state index contributed by atoms with van der Waals surface area (Å²) < 4.78 is 0. The number of piperazine rings is 1. The van der Waals surface area contributed by atoms with Gasteiger partial charge in [0.2, 0.25) is 0 Å². The summed E-state index contributed by atoms with van der Waals surface area (Å²) in [5.74, 6) is -0.712. The highest BCUT2D eigenvalue weighted by Gasteiger charge is 2.30. The Bertz CT molecular complexity index is 493. The molecule has 0 bridgehead atoms. The van der Waals surface area contributed by atoms with Gasteiger partial charge in [-0.05, 0) is 17.7 Å². The molecule has 88 valence electrons. The van der Waals surface area contributed by atoms with Crippen LogP contribution < -0.4 is 16.4 Å². The van der Waals surface area contributed by atoms with Gasteiger partial charge in [0, 0.05) is 6.20 Å². The molecule has 0 radical (unpaired) electrons. The number of benzene rings is 1. The number of amides is 2. The molecule has 1 aliphatic rings. The lowest BCUT2D eigenvalue weighted by Gasteiger charge is -2.24. The van der Waals surface area contributed by atoms with Gasteiger partial charge in [-0.15, -0.1) is 0 Å². The maximum atomic E-state index is 11.7. The van der Waals surface area contributed by atoms with Crippen LogP contribution >= 0.6 is 0 Å². The Labute approximate surface area is 97.1 Å². The van der Waals surface area contributed by atoms with Crippen molar-refractivity contribution in [2.24, 2.45) is 5.73 Å². The molecule has 0 aliphatic carbocycles. The van der Waals surface area contributed by atoms with Crippen molar-refractivity contribution in [3.63, 3.8) is 0 Å². The SMILES string of the molecule is NC=C1NC(=O)C(c2ccc(O)cc2)NC1=O. The lowest BCUT2D eigenvalue weighted by atomic mass is 10.0. The van der Waals surface area contributed by atoms with Gasteiger partial charge in [0.25, 0.3) is 11.8 Å². The number of hydrogen-bond acceptors (Lipinski definition) is 4. The molecule has 1 aliphatic heterocycles. The van der Waals surface area contributed by atoms with E-state index in [0.717, 1.165) is 6.20 Å². The summed E-state index contributed by atoms with van der Waals surface area (Å²) in [7, 11) is 0. The summed E-state index contributed by atoms with van der Waals surface area (Å²) in [6.07, 6.45) is 1.04. The molecule has 1 unspecified atom stereocenters. The fourth-order valence-electron chi connectivity index (χ4n) is 1.55. The molecule has 1 aromatic carbocycles. The van der Waals surface area contributed by atoms with Crippen LogP contribution in [0.15, 0.2) is 36.2 Å². The summed E-state index contributed by atoms with van der Waals surface area (Å²) in [5, 5.41) is 14.1. The van der Waals surface area contributed by atoms with Gasteiger partial charge in [0.1, 0.15) is 17.5 Å². The summed E-state index contributed by atoms with van der Waals surface area (Å²) in [6.45, 7) is 0. The smallest absolute Gasteiger partial charge is 0.270 e. The molecule has 1 atom stereocenters. The van der Waals surface area contributed by atoms with Gasteiger partial charge >= 0.3 is 0 Å². The van der Waals surface area contributed by atoms with Crippen molar-refractivity contribution in [2.45, 2.75) is 6.04 Å². The average Bonchev–Trinajstić information content (AvgIpc) is 2.33. The normalized spacial score (nSPS) is 22.1. The number of carbonyl (C=O) groups is 2. The van der Waals surface area contributed by atoms with E-state index in [0.29, 0.717) is 5.56 Å². The van der Waals surface area contributed by atoms with E-state index in [9.17, 15) is 9.59 Å². The maximum Gasteiger partial charge on any atom is 0.270 e. The van der Waals surface area contributed by atoms with Crippen LogP contribution in [0.2, 0.25) is 0 Å². The highest BCUT2D eigenvalue weighted by molar-refractivity contribution is 6.04. The summed E-state index contributed by atoms with van der Waals surface area (Å²) in [4.78, 5) is 23.2. The number of phenols is 1. The Morgan fingerprint density at radius 2 is 1.88 bits per heavy atom. The monoisotopic (exact) mass is 233 g/mol. The number of hydrogen-bond donors (Lipinski definition) is 4. The van der Waals surface area contributed by atoms with Crippen molar-refractivity contribution < 1.29 is 14.7 Å². The minimum atomic E-state index is -0.771. The molecule has 2 rings (SSSR count). The topological polar surface area (TPSA) is 104 Å². The van der Waals surface area contributed by atoms with Crippen LogP contribution in [-0.2, 0) is 9.59 Å². The van der Waals surface area contributed by atoms with E-state index in [2.05, 4.69) is 10.6 Å². The van der Waals surface area contributed by atoms with E-state index in [1.54, 1.807) is 12.1 Å². The lowest BCUT2D eigenvalue weighted by Crippen LogP contribution is -2.49. The average molecular weight is 233 g/mol. The minimum Gasteiger partial charge on any atom is -0.508 e. The molecule has 17 heavy (non-hydrogen) atoms. The first-order valence-corrected chi connectivity index (χ1v) is 4.94. The summed E-state index contributed by atoms with van der Waals surface area (Å²) >= 11 is 0. The van der Waals surface area contributed by atoms with Crippen LogP contribution in [0.5, 0.6) is 5.75 Å². The number of carbonyl (C=O) groups excluding carboxylic acids is 2. The Balaban J connectivity index is 2.26. The van der Waals surface area contributed by atoms with Gasteiger partial charge in [-0.25, -0.2) is 0 Å². The summed E-state index contributed by atoms with van der Waals surface area (Å²) in [6, 6.07) is 5.26. The molecule has 1 heterocycles. The number of nitrogens with two attached hydrogens (primary N) is 1. The maximum absolute atomic E-state index is 11.7. The molecule has 1 fully saturated rings. The van der Waals surface area contributed by atoms with E-state index >= 15 is 0 Å². The number of aromatic hydroxyl groups is 1. The molecule has 1 saturated heterocycles. The third kappa shape index (κ3) is 2.05. The standard InChI is InChI=1S/C11H11N3O3/c12-5-8-10(16)14-9(11(17)13-8)6-1-3-7(15)4-2-6/h1-5,9,15H,12H2,(H,13,17)(H,14,16). The highest BCUT2D eigenvalue weighted by atomic mass is 16.3. The van der Waals surface area contributed by atoms with Crippen LogP contribution in [0.1, 0.15) is 11.6 Å². The quantitative estimate of drug-likeness (QED) is 0.490. The van der Waals surface area contributed by atoms with Gasteiger partial charge in [0.05, 0.1) is 0 Å². The summed E-state index contributed by atoms with van der Waals surface area (Å²) in [5.41, 5.74) is 5.81. The number of nitrogens with one attached hydrogen (secondary N) is 2. The van der Waals surface area contributed by atoms with E-state index < -0.39 is 11.9 Å². The molecular weight excluding hydrogens is 222 g/mol. The third-order valence-electron chi connectivity index (χ3n) is 2.43. The first-order chi connectivity index (χ1) is 8.11. The van der Waals surface area contributed by atoms with Crippen molar-refractivity contribution in [3.05, 3.63) is 41.7 Å². The lowest BCUT2D eigenvalue weighted by molar-refractivity contribution is -0.131. The van der Waals surface area contributed by atoms with Crippen molar-refractivity contribution in [1.29, 1.82) is 0 Å². The fourth-order valence-corrected chi connectivity index (χ4v) is 1.55. The number of phenolic OH excluding ortho intramolecular Hbond substituents is 1. The van der Waals surface area contributed by atoms with Crippen LogP contribution in [-0.4, -0.2) is 16.9 Å². The van der Waals surface area contributed by atoms with Gasteiger partial charge < -0.3 is 21.5 Å². The van der Waals surface area contributed by atoms with E-state index in [1.807, 2.05) is 0 Å². The van der Waals surface area contributed by atoms with Gasteiger partial charge in [-0.1, -0.05) is 12.1 Å². The molecule has 5 N–H and O–H groups in total. The second-order valence-electron chi connectivity index (χ2n) is 3.57. The second-order valence-corrected chi connectivity index (χ2v) is 3.57. The van der Waals surface area contributed by atoms with Crippen molar-refractivity contribution in [3.8, 4) is 5.75 Å². The van der Waals surface area contributed by atoms with Gasteiger partial charge in [0.15, 0.2) is 0 Å². The minimum absolute atomic E-state index is 0.0324. The Morgan fingerprint density at radius 1 is 1.24 bits per heavy atom. The van der Waals surface area contributed by atoms with Crippen molar-refractivity contribution in [2.75, 3.05) is 0 Å². The van der Waals surface area contributed by atoms with Crippen molar-refractivity contribution in [1.82, 2.24) is 10.6 Å². The third-order valence-corrected chi connectivity index (χ3v) is 2.43. The first-order valence-electron chi connectivity index (χ1n) is 4.94. The van der Waals surface area contributed by atoms with Gasteiger partial charge in [-0.2, -0.15) is 0 Å². The Morgan fingerprint density at radius 3 is 2.47 bits per heavy atom.